The molecule has 0 amide bonds. The minimum absolute atomic E-state index is 0.684. The molecule has 0 radical (unpaired) electrons. The van der Waals surface area contributed by atoms with E-state index in [0.717, 1.165) is 30.0 Å². The number of anilines is 1. The highest BCUT2D eigenvalue weighted by Gasteiger charge is 2.06. The summed E-state index contributed by atoms with van der Waals surface area (Å²) in [5.74, 6) is 0.684. The number of rotatable bonds is 6. The third-order valence-electron chi connectivity index (χ3n) is 3.21. The highest BCUT2D eigenvalue weighted by molar-refractivity contribution is 5.30. The van der Waals surface area contributed by atoms with Gasteiger partial charge in [-0.05, 0) is 33.3 Å². The van der Waals surface area contributed by atoms with Crippen LogP contribution in [0.3, 0.4) is 0 Å². The lowest BCUT2D eigenvalue weighted by molar-refractivity contribution is 0.568. The van der Waals surface area contributed by atoms with Crippen molar-refractivity contribution < 1.29 is 0 Å². The maximum atomic E-state index is 4.53. The number of nitrogens with zero attached hydrogens (tertiary/aromatic N) is 4. The third-order valence-corrected chi connectivity index (χ3v) is 3.21. The zero-order chi connectivity index (χ0) is 14.5. The molecule has 20 heavy (non-hydrogen) atoms. The molecular weight excluding hydrogens is 250 g/mol. The molecule has 2 aromatic rings. The molecule has 0 aromatic carbocycles. The van der Waals surface area contributed by atoms with E-state index in [0.29, 0.717) is 12.5 Å². The molecule has 0 unspecified atom stereocenters. The van der Waals surface area contributed by atoms with Gasteiger partial charge in [-0.1, -0.05) is 13.3 Å². The maximum Gasteiger partial charge on any atom is 0.223 e. The number of hydrogen-bond acceptors (Lipinski definition) is 4. The fourth-order valence-corrected chi connectivity index (χ4v) is 2.15. The van der Waals surface area contributed by atoms with Gasteiger partial charge in [-0.25, -0.2) is 9.97 Å². The summed E-state index contributed by atoms with van der Waals surface area (Å²) in [6.45, 7) is 9.89. The Kier molecular flexibility index (Phi) is 4.71. The largest absolute Gasteiger partial charge is 0.350 e. The molecule has 0 atom stereocenters. The summed E-state index contributed by atoms with van der Waals surface area (Å²) in [7, 11) is 0. The fourth-order valence-electron chi connectivity index (χ4n) is 2.15. The number of aryl methyl sites for hydroxylation is 4. The van der Waals surface area contributed by atoms with Crippen LogP contribution in [0.25, 0.3) is 0 Å². The summed E-state index contributed by atoms with van der Waals surface area (Å²) in [6, 6.07) is 1.97. The van der Waals surface area contributed by atoms with E-state index in [9.17, 15) is 0 Å². The Labute approximate surface area is 120 Å². The average Bonchev–Trinajstić information content (AvgIpc) is 2.73. The van der Waals surface area contributed by atoms with Crippen LogP contribution in [-0.2, 0) is 13.1 Å². The summed E-state index contributed by atoms with van der Waals surface area (Å²) < 4.78 is 2.03. The van der Waals surface area contributed by atoms with Crippen LogP contribution in [-0.4, -0.2) is 19.7 Å². The van der Waals surface area contributed by atoms with Crippen molar-refractivity contribution in [2.24, 2.45) is 0 Å². The molecule has 0 aliphatic rings. The molecule has 0 aliphatic heterocycles. The summed E-state index contributed by atoms with van der Waals surface area (Å²) in [4.78, 5) is 8.77. The molecule has 1 N–H and O–H groups in total. The van der Waals surface area contributed by atoms with Crippen molar-refractivity contribution in [3.63, 3.8) is 0 Å². The Balaban J connectivity index is 2.01. The van der Waals surface area contributed by atoms with Gasteiger partial charge in [0.25, 0.3) is 0 Å². The Bertz CT molecular complexity index is 553. The molecular formula is C15H23N5. The third kappa shape index (κ3) is 3.79. The molecule has 0 saturated heterocycles. The minimum Gasteiger partial charge on any atom is -0.350 e. The number of unbranched alkanes of at least 4 members (excludes halogenated alkanes) is 1. The zero-order valence-corrected chi connectivity index (χ0v) is 12.8. The fraction of sp³-hybridized carbons (Fsp3) is 0.533. The van der Waals surface area contributed by atoms with Crippen molar-refractivity contribution >= 4 is 5.95 Å². The van der Waals surface area contributed by atoms with Crippen LogP contribution < -0.4 is 5.32 Å². The topological polar surface area (TPSA) is 55.6 Å². The highest BCUT2D eigenvalue weighted by atomic mass is 15.3. The summed E-state index contributed by atoms with van der Waals surface area (Å²) in [6.07, 6.45) is 4.46. The van der Waals surface area contributed by atoms with Gasteiger partial charge in [-0.3, -0.25) is 4.68 Å². The monoisotopic (exact) mass is 273 g/mol. The van der Waals surface area contributed by atoms with Gasteiger partial charge in [0.2, 0.25) is 5.95 Å². The minimum atomic E-state index is 0.684. The van der Waals surface area contributed by atoms with Gasteiger partial charge in [-0.15, -0.1) is 0 Å². The lowest BCUT2D eigenvalue weighted by Gasteiger charge is -2.05. The van der Waals surface area contributed by atoms with Crippen LogP contribution in [0.4, 0.5) is 5.95 Å². The Morgan fingerprint density at radius 3 is 2.50 bits per heavy atom. The van der Waals surface area contributed by atoms with Crippen molar-refractivity contribution in [2.45, 2.75) is 53.6 Å². The SMILES string of the molecule is CCCCn1cc(CNc2nc(C)cc(C)n2)c(C)n1. The normalized spacial score (nSPS) is 10.8. The quantitative estimate of drug-likeness (QED) is 0.879. The lowest BCUT2D eigenvalue weighted by atomic mass is 10.2. The second-order valence-corrected chi connectivity index (χ2v) is 5.18. The Hall–Kier alpha value is -1.91. The van der Waals surface area contributed by atoms with Crippen LogP contribution >= 0.6 is 0 Å². The molecule has 2 heterocycles. The van der Waals surface area contributed by atoms with Gasteiger partial charge in [0.15, 0.2) is 0 Å². The summed E-state index contributed by atoms with van der Waals surface area (Å²) in [5, 5.41) is 7.81. The van der Waals surface area contributed by atoms with Crippen LogP contribution in [0.15, 0.2) is 12.3 Å². The van der Waals surface area contributed by atoms with E-state index >= 15 is 0 Å². The van der Waals surface area contributed by atoms with Crippen molar-refractivity contribution in [1.82, 2.24) is 19.7 Å². The van der Waals surface area contributed by atoms with Crippen LogP contribution in [0.2, 0.25) is 0 Å². The van der Waals surface area contributed by atoms with Gasteiger partial charge in [0.05, 0.1) is 5.69 Å². The van der Waals surface area contributed by atoms with Crippen molar-refractivity contribution in [2.75, 3.05) is 5.32 Å². The molecule has 0 spiro atoms. The van der Waals surface area contributed by atoms with Crippen molar-refractivity contribution in [1.29, 1.82) is 0 Å². The summed E-state index contributed by atoms with van der Waals surface area (Å²) >= 11 is 0. The van der Waals surface area contributed by atoms with E-state index in [1.54, 1.807) is 0 Å². The average molecular weight is 273 g/mol. The molecule has 0 fully saturated rings. The number of aromatic nitrogens is 4. The highest BCUT2D eigenvalue weighted by Crippen LogP contribution is 2.10. The first-order chi connectivity index (χ1) is 9.58. The van der Waals surface area contributed by atoms with E-state index < -0.39 is 0 Å². The summed E-state index contributed by atoms with van der Waals surface area (Å²) in [5.41, 5.74) is 4.23. The molecule has 0 saturated carbocycles. The van der Waals surface area contributed by atoms with Crippen molar-refractivity contribution in [3.05, 3.63) is 34.9 Å². The molecule has 108 valence electrons. The number of hydrogen-bond donors (Lipinski definition) is 1. The van der Waals surface area contributed by atoms with E-state index in [1.165, 1.54) is 12.0 Å². The zero-order valence-electron chi connectivity index (χ0n) is 12.8. The smallest absolute Gasteiger partial charge is 0.223 e. The first-order valence-corrected chi connectivity index (χ1v) is 7.17. The first-order valence-electron chi connectivity index (χ1n) is 7.17. The van der Waals surface area contributed by atoms with Crippen LogP contribution in [0, 0.1) is 20.8 Å². The van der Waals surface area contributed by atoms with Gasteiger partial charge in [0, 0.05) is 36.2 Å². The van der Waals surface area contributed by atoms with E-state index in [-0.39, 0.29) is 0 Å². The predicted octanol–water partition coefficient (Wildman–Crippen LogP) is 3.01. The first kappa shape index (κ1) is 14.5. The molecule has 5 heteroatoms. The lowest BCUT2D eigenvalue weighted by Crippen LogP contribution is -2.05. The molecule has 0 aliphatic carbocycles. The van der Waals surface area contributed by atoms with Gasteiger partial charge >= 0.3 is 0 Å². The Morgan fingerprint density at radius 1 is 1.15 bits per heavy atom. The second-order valence-electron chi connectivity index (χ2n) is 5.18. The second kappa shape index (κ2) is 6.50. The molecule has 0 bridgehead atoms. The van der Waals surface area contributed by atoms with Crippen LogP contribution in [0.1, 0.15) is 42.4 Å². The van der Waals surface area contributed by atoms with E-state index in [1.807, 2.05) is 31.5 Å². The van der Waals surface area contributed by atoms with Crippen molar-refractivity contribution in [3.8, 4) is 0 Å². The Morgan fingerprint density at radius 2 is 1.85 bits per heavy atom. The van der Waals surface area contributed by atoms with Crippen LogP contribution in [0.5, 0.6) is 0 Å². The molecule has 5 nitrogen and oxygen atoms in total. The molecule has 2 aromatic heterocycles. The maximum absolute atomic E-state index is 4.53. The van der Waals surface area contributed by atoms with Gasteiger partial charge in [-0.2, -0.15) is 5.10 Å². The molecule has 2 rings (SSSR count). The standard InChI is InChI=1S/C15H23N5/c1-5-6-7-20-10-14(13(4)19-20)9-16-15-17-11(2)8-12(3)18-15/h8,10H,5-7,9H2,1-4H3,(H,16,17,18). The van der Waals surface area contributed by atoms with Gasteiger partial charge < -0.3 is 5.32 Å². The predicted molar refractivity (Wildman–Crippen MR) is 80.7 cm³/mol. The van der Waals surface area contributed by atoms with E-state index in [4.69, 9.17) is 0 Å². The van der Waals surface area contributed by atoms with Gasteiger partial charge in [0.1, 0.15) is 0 Å². The number of nitrogens with one attached hydrogen (secondary N) is 1. The van der Waals surface area contributed by atoms with E-state index in [2.05, 4.69) is 33.5 Å².